The van der Waals surface area contributed by atoms with Gasteiger partial charge in [0.15, 0.2) is 5.11 Å². The van der Waals surface area contributed by atoms with Crippen molar-refractivity contribution in [3.63, 3.8) is 0 Å². The predicted octanol–water partition coefficient (Wildman–Crippen LogP) is 3.85. The fourth-order valence-corrected chi connectivity index (χ4v) is 1.94. The van der Waals surface area contributed by atoms with Gasteiger partial charge in [-0.25, -0.2) is 4.39 Å². The molecule has 0 amide bonds. The number of non-ortho nitro benzene ring substituents is 1. The van der Waals surface area contributed by atoms with Gasteiger partial charge in [0.25, 0.3) is 5.69 Å². The zero-order chi connectivity index (χ0) is 15.4. The molecule has 0 aliphatic carbocycles. The van der Waals surface area contributed by atoms with E-state index in [9.17, 15) is 14.5 Å². The lowest BCUT2D eigenvalue weighted by atomic mass is 10.2. The van der Waals surface area contributed by atoms with Gasteiger partial charge in [-0.2, -0.15) is 0 Å². The smallest absolute Gasteiger partial charge is 0.271 e. The number of nitrogens with one attached hydrogen (secondary N) is 2. The van der Waals surface area contributed by atoms with Crippen molar-refractivity contribution in [1.82, 2.24) is 0 Å². The number of benzene rings is 2. The van der Waals surface area contributed by atoms with Gasteiger partial charge < -0.3 is 10.6 Å². The number of nitro benzene ring substituents is 1. The molecule has 0 saturated heterocycles. The zero-order valence-electron chi connectivity index (χ0n) is 11.1. The van der Waals surface area contributed by atoms with Crippen molar-refractivity contribution in [1.29, 1.82) is 0 Å². The van der Waals surface area contributed by atoms with Crippen LogP contribution in [0, 0.1) is 22.9 Å². The molecule has 2 rings (SSSR count). The van der Waals surface area contributed by atoms with Crippen LogP contribution in [0.15, 0.2) is 42.5 Å². The molecule has 0 unspecified atom stereocenters. The van der Waals surface area contributed by atoms with Gasteiger partial charge in [0.2, 0.25) is 0 Å². The van der Waals surface area contributed by atoms with Crippen LogP contribution in [0.5, 0.6) is 0 Å². The molecule has 2 aromatic rings. The molecule has 0 aromatic heterocycles. The molecular weight excluding hydrogens is 293 g/mol. The summed E-state index contributed by atoms with van der Waals surface area (Å²) in [5.74, 6) is -0.374. The minimum absolute atomic E-state index is 0.0373. The molecule has 2 aromatic carbocycles. The Morgan fingerprint density at radius 2 is 2.00 bits per heavy atom. The Bertz CT molecular complexity index is 706. The van der Waals surface area contributed by atoms with E-state index in [1.54, 1.807) is 18.2 Å². The lowest BCUT2D eigenvalue weighted by Gasteiger charge is -2.12. The van der Waals surface area contributed by atoms with Crippen LogP contribution in [0.3, 0.4) is 0 Å². The summed E-state index contributed by atoms with van der Waals surface area (Å²) in [6.45, 7) is 1.82. The monoisotopic (exact) mass is 305 g/mol. The highest BCUT2D eigenvalue weighted by molar-refractivity contribution is 7.80. The van der Waals surface area contributed by atoms with Crippen LogP contribution in [0.2, 0.25) is 0 Å². The van der Waals surface area contributed by atoms with Crippen molar-refractivity contribution in [2.24, 2.45) is 0 Å². The summed E-state index contributed by atoms with van der Waals surface area (Å²) in [5.41, 5.74) is 1.82. The lowest BCUT2D eigenvalue weighted by molar-refractivity contribution is -0.384. The second kappa shape index (κ2) is 6.27. The average molecular weight is 305 g/mol. The SMILES string of the molecule is Cc1ccc(F)cc1NC(=S)Nc1cccc([N+](=O)[O-])c1. The number of halogens is 1. The Labute approximate surface area is 125 Å². The first-order chi connectivity index (χ1) is 9.95. The molecule has 0 saturated carbocycles. The molecule has 21 heavy (non-hydrogen) atoms. The van der Waals surface area contributed by atoms with Crippen molar-refractivity contribution in [3.8, 4) is 0 Å². The molecule has 0 bridgehead atoms. The van der Waals surface area contributed by atoms with E-state index in [-0.39, 0.29) is 16.6 Å². The topological polar surface area (TPSA) is 67.2 Å². The zero-order valence-corrected chi connectivity index (χ0v) is 11.9. The van der Waals surface area contributed by atoms with Crippen LogP contribution in [-0.2, 0) is 0 Å². The van der Waals surface area contributed by atoms with Crippen LogP contribution in [0.25, 0.3) is 0 Å². The second-order valence-electron chi connectivity index (χ2n) is 4.35. The molecule has 7 heteroatoms. The maximum atomic E-state index is 13.2. The standard InChI is InChI=1S/C14H12FN3O2S/c1-9-5-6-10(15)7-13(9)17-14(21)16-11-3-2-4-12(8-11)18(19)20/h2-8H,1H3,(H2,16,17,21). The maximum absolute atomic E-state index is 13.2. The van der Waals surface area contributed by atoms with Crippen molar-refractivity contribution >= 4 is 34.4 Å². The molecule has 0 radical (unpaired) electrons. The Kier molecular flexibility index (Phi) is 4.44. The van der Waals surface area contributed by atoms with Gasteiger partial charge in [0.1, 0.15) is 5.82 Å². The van der Waals surface area contributed by atoms with Gasteiger partial charge in [-0.3, -0.25) is 10.1 Å². The van der Waals surface area contributed by atoms with Crippen LogP contribution in [-0.4, -0.2) is 10.0 Å². The van der Waals surface area contributed by atoms with E-state index in [0.717, 1.165) is 5.56 Å². The Balaban J connectivity index is 2.10. The molecule has 108 valence electrons. The van der Waals surface area contributed by atoms with Crippen molar-refractivity contribution in [3.05, 3.63) is 64.0 Å². The van der Waals surface area contributed by atoms with Crippen LogP contribution in [0.4, 0.5) is 21.5 Å². The highest BCUT2D eigenvalue weighted by Crippen LogP contribution is 2.19. The van der Waals surface area contributed by atoms with Crippen molar-refractivity contribution in [2.75, 3.05) is 10.6 Å². The molecule has 0 aliphatic rings. The number of anilines is 2. The summed E-state index contributed by atoms with van der Waals surface area (Å²) in [5, 5.41) is 16.6. The number of rotatable bonds is 3. The normalized spacial score (nSPS) is 10.0. The van der Waals surface area contributed by atoms with E-state index in [1.165, 1.54) is 24.3 Å². The Morgan fingerprint density at radius 3 is 2.71 bits per heavy atom. The van der Waals surface area contributed by atoms with Gasteiger partial charge in [-0.05, 0) is 42.9 Å². The number of aryl methyl sites for hydroxylation is 1. The van der Waals surface area contributed by atoms with Gasteiger partial charge >= 0.3 is 0 Å². The van der Waals surface area contributed by atoms with Crippen molar-refractivity contribution in [2.45, 2.75) is 6.92 Å². The first-order valence-electron chi connectivity index (χ1n) is 6.04. The lowest BCUT2D eigenvalue weighted by Crippen LogP contribution is -2.19. The van der Waals surface area contributed by atoms with E-state index in [4.69, 9.17) is 12.2 Å². The van der Waals surface area contributed by atoms with Crippen LogP contribution < -0.4 is 10.6 Å². The summed E-state index contributed by atoms with van der Waals surface area (Å²) >= 11 is 5.12. The van der Waals surface area contributed by atoms with Crippen LogP contribution in [0.1, 0.15) is 5.56 Å². The summed E-state index contributed by atoms with van der Waals surface area (Å²) in [6.07, 6.45) is 0. The van der Waals surface area contributed by atoms with E-state index in [0.29, 0.717) is 11.4 Å². The Morgan fingerprint density at radius 1 is 1.24 bits per heavy atom. The number of hydrogen-bond acceptors (Lipinski definition) is 3. The third-order valence-corrected chi connectivity index (χ3v) is 2.97. The molecule has 2 N–H and O–H groups in total. The largest absolute Gasteiger partial charge is 0.332 e. The minimum Gasteiger partial charge on any atom is -0.332 e. The first-order valence-corrected chi connectivity index (χ1v) is 6.45. The predicted molar refractivity (Wildman–Crippen MR) is 84.1 cm³/mol. The first kappa shape index (κ1) is 14.9. The minimum atomic E-state index is -0.488. The fraction of sp³-hybridized carbons (Fsp3) is 0.0714. The highest BCUT2D eigenvalue weighted by Gasteiger charge is 2.07. The maximum Gasteiger partial charge on any atom is 0.271 e. The van der Waals surface area contributed by atoms with E-state index >= 15 is 0 Å². The summed E-state index contributed by atoms with van der Waals surface area (Å²) < 4.78 is 13.2. The second-order valence-corrected chi connectivity index (χ2v) is 4.75. The quantitative estimate of drug-likeness (QED) is 0.512. The highest BCUT2D eigenvalue weighted by atomic mass is 32.1. The molecule has 0 atom stereocenters. The van der Waals surface area contributed by atoms with Crippen molar-refractivity contribution < 1.29 is 9.31 Å². The molecule has 5 nitrogen and oxygen atoms in total. The number of thiocarbonyl (C=S) groups is 1. The molecule has 0 fully saturated rings. The molecule has 0 spiro atoms. The number of nitro groups is 1. The van der Waals surface area contributed by atoms with E-state index < -0.39 is 4.92 Å². The average Bonchev–Trinajstić information content (AvgIpc) is 2.43. The van der Waals surface area contributed by atoms with Gasteiger partial charge in [-0.1, -0.05) is 12.1 Å². The third kappa shape index (κ3) is 3.96. The molecule has 0 heterocycles. The molecular formula is C14H12FN3O2S. The van der Waals surface area contributed by atoms with Gasteiger partial charge in [-0.15, -0.1) is 0 Å². The van der Waals surface area contributed by atoms with Gasteiger partial charge in [0.05, 0.1) is 4.92 Å². The third-order valence-electron chi connectivity index (χ3n) is 2.76. The van der Waals surface area contributed by atoms with E-state index in [1.807, 2.05) is 6.92 Å². The molecule has 0 aliphatic heterocycles. The summed E-state index contributed by atoms with van der Waals surface area (Å²) in [7, 11) is 0. The summed E-state index contributed by atoms with van der Waals surface area (Å²) in [4.78, 5) is 10.2. The van der Waals surface area contributed by atoms with Crippen LogP contribution >= 0.6 is 12.2 Å². The number of hydrogen-bond donors (Lipinski definition) is 2. The Hall–Kier alpha value is -2.54. The summed E-state index contributed by atoms with van der Waals surface area (Å²) in [6, 6.07) is 10.3. The van der Waals surface area contributed by atoms with E-state index in [2.05, 4.69) is 10.6 Å². The number of nitrogens with zero attached hydrogens (tertiary/aromatic N) is 1. The fourth-order valence-electron chi connectivity index (χ4n) is 1.71. The van der Waals surface area contributed by atoms with Gasteiger partial charge in [0, 0.05) is 23.5 Å².